The molecule has 16 amide bonds. The van der Waals surface area contributed by atoms with E-state index in [2.05, 4.69) is 0 Å². The molecule has 2 aromatic carbocycles. The topological polar surface area (TPSA) is 277 Å². The Balaban J connectivity index is 0.758. The molecule has 0 spiro atoms. The summed E-state index contributed by atoms with van der Waals surface area (Å²) in [5.41, 5.74) is -3.66. The molecule has 0 aliphatic carbocycles. The maximum Gasteiger partial charge on any atom is 0.326 e. The van der Waals surface area contributed by atoms with Crippen LogP contribution in [0.25, 0.3) is 0 Å². The third-order valence-corrected chi connectivity index (χ3v) is 23.4. The largest absolute Gasteiger partial charge is 0.493 e. The molecule has 484 valence electrons. The average Bonchev–Trinajstić information content (AvgIpc) is 1.50. The lowest BCUT2D eigenvalue weighted by molar-refractivity contribution is -0.109. The van der Waals surface area contributed by atoms with Crippen LogP contribution in [0.15, 0.2) is 24.3 Å². The standard InChI is InChI=1S/C57H68N16O15S3/c1-9-14-85-38-10-11-39(86-15-18-89-31(2)74)35-22-67-51(82)71-28-63-44-42-58(46(77)62(44)27-70-50(81)66(21-34(35)38)54(67,5)56(70,71)7)25-60-43-45-64(48(60)79)29-72-52(83)68-23-36-37(41(88-17-20-91-33(4)76)13-12-40(36)87-16-19-90-32(3)75)24-69-53(84)73(57(72,8)55(68,69)6)30-65(45)49(80)61(43)26-59(42)47(63)78/h10-13,42-45H,9,14-30H2,1-8H3/t42-,43+,44+,45-,54+,55-,56-,57+/m1/s1. The molecule has 0 aromatic heterocycles. The van der Waals surface area contributed by atoms with Crippen molar-refractivity contribution in [1.29, 1.82) is 0 Å². The number of carbonyl (C=O) groups is 11. The molecule has 13 heterocycles. The van der Waals surface area contributed by atoms with Crippen LogP contribution in [0.1, 0.15) is 84.1 Å². The number of urea groups is 8. The molecule has 0 saturated carbocycles. The smallest absolute Gasteiger partial charge is 0.326 e. The van der Waals surface area contributed by atoms with Crippen molar-refractivity contribution in [2.45, 2.75) is 135 Å². The van der Waals surface area contributed by atoms with Crippen molar-refractivity contribution in [3.63, 3.8) is 0 Å². The van der Waals surface area contributed by atoms with E-state index in [-0.39, 0.29) is 61.3 Å². The van der Waals surface area contributed by atoms with Crippen LogP contribution >= 0.6 is 35.3 Å². The predicted molar refractivity (Wildman–Crippen MR) is 320 cm³/mol. The van der Waals surface area contributed by atoms with Crippen molar-refractivity contribution in [2.75, 3.05) is 83.7 Å². The summed E-state index contributed by atoms with van der Waals surface area (Å²) in [6.45, 7) is 11.5. The monoisotopic (exact) mass is 1310 g/mol. The number of carbonyl (C=O) groups excluding carboxylic acids is 11. The van der Waals surface area contributed by atoms with Gasteiger partial charge in [-0.15, -0.1) is 0 Å². The van der Waals surface area contributed by atoms with E-state index in [1.54, 1.807) is 71.6 Å². The number of hydrogen-bond acceptors (Lipinski definition) is 18. The molecule has 13 aliphatic heterocycles. The van der Waals surface area contributed by atoms with Gasteiger partial charge in [-0.3, -0.25) is 92.8 Å². The summed E-state index contributed by atoms with van der Waals surface area (Å²) in [6.07, 6.45) is -3.94. The maximum atomic E-state index is 15.6. The molecule has 13 aliphatic rings. The van der Waals surface area contributed by atoms with E-state index in [4.69, 9.17) is 18.9 Å². The minimum Gasteiger partial charge on any atom is -0.493 e. The lowest BCUT2D eigenvalue weighted by atomic mass is 9.95. The first-order valence-electron chi connectivity index (χ1n) is 30.3. The second kappa shape index (κ2) is 20.4. The second-order valence-electron chi connectivity index (χ2n) is 25.1. The van der Waals surface area contributed by atoms with Crippen LogP contribution < -0.4 is 18.9 Å². The first-order chi connectivity index (χ1) is 43.4. The molecule has 91 heavy (non-hydrogen) atoms. The number of benzene rings is 2. The molecule has 0 radical (unpaired) electrons. The summed E-state index contributed by atoms with van der Waals surface area (Å²) in [5, 5.41) is -0.227. The molecule has 11 saturated heterocycles. The highest BCUT2D eigenvalue weighted by Crippen LogP contribution is 2.59. The van der Waals surface area contributed by atoms with Crippen LogP contribution in [-0.4, -0.2) is 273 Å². The van der Waals surface area contributed by atoms with Crippen molar-refractivity contribution in [3.8, 4) is 23.0 Å². The van der Waals surface area contributed by atoms with Gasteiger partial charge in [-0.25, -0.2) is 38.4 Å². The molecule has 15 rings (SSSR count). The highest BCUT2D eigenvalue weighted by molar-refractivity contribution is 8.14. The molecule has 0 unspecified atom stereocenters. The summed E-state index contributed by atoms with van der Waals surface area (Å²) in [6, 6.07) is 2.39. The number of rotatable bonds is 15. The van der Waals surface area contributed by atoms with Crippen molar-refractivity contribution < 1.29 is 71.7 Å². The minimum atomic E-state index is -1.57. The van der Waals surface area contributed by atoms with E-state index < -0.39 is 136 Å². The molecule has 0 bridgehead atoms. The fraction of sp³-hybridized carbons (Fsp3) is 0.596. The number of amides is 16. The highest BCUT2D eigenvalue weighted by atomic mass is 32.2. The molecule has 11 fully saturated rings. The SMILES string of the molecule is CCCOc1ccc(OCCSC(C)=O)c2c1CN1C(=O)N3CN4C(=O)N5CN6C(=O)N7CN8C(=O)N9Cc%10c(OCCSC(C)=O)ccc(OCCSC(C)=O)c%10CN%10C(=O)N(CN%11C(=O)N(CN%12C(=O)N(CN%13C(=O)N(C2)[C@@]1(C)[C@]3%13C)[C@H]4[C@H]5%12)[C@H]6[C@H]7%11)[C@@]8(C)[C@]9%10C. The Hall–Kier alpha value is -8.14. The van der Waals surface area contributed by atoms with Gasteiger partial charge in [0.05, 0.1) is 52.6 Å². The van der Waals surface area contributed by atoms with Crippen molar-refractivity contribution in [3.05, 3.63) is 46.5 Å². The van der Waals surface area contributed by atoms with E-state index in [9.17, 15) is 14.4 Å². The Kier molecular flexibility index (Phi) is 13.3. The molecule has 34 heteroatoms. The lowest BCUT2D eigenvalue weighted by Crippen LogP contribution is -2.69. The van der Waals surface area contributed by atoms with Crippen LogP contribution in [-0.2, 0) is 40.6 Å². The zero-order valence-corrected chi connectivity index (χ0v) is 53.8. The molecule has 31 nitrogen and oxygen atoms in total. The molecule has 0 N–H and O–H groups in total. The third kappa shape index (κ3) is 7.67. The van der Waals surface area contributed by atoms with E-state index in [1.807, 2.05) is 6.92 Å². The number of thioether (sulfide) groups is 3. The van der Waals surface area contributed by atoms with Crippen molar-refractivity contribution in [1.82, 2.24) is 78.4 Å². The van der Waals surface area contributed by atoms with Crippen molar-refractivity contribution in [2.24, 2.45) is 0 Å². The molecule has 8 atom stereocenters. The number of fused-ring (bicyclic) bond motifs is 2. The van der Waals surface area contributed by atoms with Gasteiger partial charge >= 0.3 is 48.2 Å². The molecular weight excluding hydrogens is 1240 g/mol. The Morgan fingerprint density at radius 2 is 0.582 bits per heavy atom. The van der Waals surface area contributed by atoms with E-state index in [1.165, 1.54) is 79.6 Å². The normalized spacial score (nSPS) is 30.2. The van der Waals surface area contributed by atoms with Crippen LogP contribution in [0.3, 0.4) is 0 Å². The Labute approximate surface area is 535 Å². The first kappa shape index (κ1) is 59.2. The quantitative estimate of drug-likeness (QED) is 0.228. The zero-order valence-electron chi connectivity index (χ0n) is 51.4. The highest BCUT2D eigenvalue weighted by Gasteiger charge is 2.80. The summed E-state index contributed by atoms with van der Waals surface area (Å²) >= 11 is 3.32. The summed E-state index contributed by atoms with van der Waals surface area (Å²) in [5.74, 6) is 2.83. The average molecular weight is 1310 g/mol. The fourth-order valence-electron chi connectivity index (χ4n) is 16.4. The van der Waals surface area contributed by atoms with Gasteiger partial charge in [0.15, 0.2) is 62.7 Å². The van der Waals surface area contributed by atoms with Crippen molar-refractivity contribution >= 4 is 98.9 Å². The zero-order chi connectivity index (χ0) is 64.0. The summed E-state index contributed by atoms with van der Waals surface area (Å²) in [7, 11) is 0. The van der Waals surface area contributed by atoms with Crippen LogP contribution in [0.2, 0.25) is 0 Å². The van der Waals surface area contributed by atoms with Crippen LogP contribution in [0.5, 0.6) is 23.0 Å². The van der Waals surface area contributed by atoms with Gasteiger partial charge in [-0.2, -0.15) is 0 Å². The van der Waals surface area contributed by atoms with Gasteiger partial charge in [-0.05, 0) is 58.4 Å². The predicted octanol–water partition coefficient (Wildman–Crippen LogP) is 4.03. The van der Waals surface area contributed by atoms with Gasteiger partial charge in [0.25, 0.3) is 0 Å². The fourth-order valence-corrected chi connectivity index (χ4v) is 17.7. The Morgan fingerprint density at radius 3 is 0.813 bits per heavy atom. The Bertz CT molecular complexity index is 3670. The second-order valence-corrected chi connectivity index (χ2v) is 28.9. The van der Waals surface area contributed by atoms with Gasteiger partial charge < -0.3 is 18.9 Å². The third-order valence-electron chi connectivity index (χ3n) is 21.0. The maximum absolute atomic E-state index is 15.6. The van der Waals surface area contributed by atoms with Gasteiger partial charge in [0.1, 0.15) is 63.0 Å². The Morgan fingerprint density at radius 1 is 0.363 bits per heavy atom. The molecule has 2 aromatic rings. The molecular formula is C57H68N16O15S3. The number of nitrogens with zero attached hydrogens (tertiary/aromatic N) is 16. The minimum absolute atomic E-state index is 0.0241. The first-order valence-corrected chi connectivity index (χ1v) is 33.3. The lowest BCUT2D eigenvalue weighted by Gasteiger charge is -2.49. The van der Waals surface area contributed by atoms with Gasteiger partial charge in [0.2, 0.25) is 0 Å². The number of hydrogen-bond donors (Lipinski definition) is 0. The number of ether oxygens (including phenoxy) is 4. The van der Waals surface area contributed by atoms with Crippen LogP contribution in [0.4, 0.5) is 38.4 Å². The van der Waals surface area contributed by atoms with E-state index in [0.717, 1.165) is 35.3 Å². The van der Waals surface area contributed by atoms with Crippen LogP contribution in [0, 0.1) is 0 Å². The van der Waals surface area contributed by atoms with E-state index >= 15 is 38.4 Å². The van der Waals surface area contributed by atoms with Gasteiger partial charge in [-0.1, -0.05) is 42.2 Å². The summed E-state index contributed by atoms with van der Waals surface area (Å²) < 4.78 is 25.3. The van der Waals surface area contributed by atoms with Gasteiger partial charge in [0, 0.05) is 60.3 Å². The van der Waals surface area contributed by atoms with E-state index in [0.29, 0.717) is 75.5 Å². The summed E-state index contributed by atoms with van der Waals surface area (Å²) in [4.78, 5) is 184.